The zero-order chi connectivity index (χ0) is 19.8. The number of amides is 1. The SMILES string of the molecule is CC(C)Oc1ccc(NC(=O)c2ccnc(NCCN3CCOCC3)c2)cc1. The monoisotopic (exact) mass is 384 g/mol. The summed E-state index contributed by atoms with van der Waals surface area (Å²) in [6, 6.07) is 10.8. The van der Waals surface area contributed by atoms with Gasteiger partial charge in [-0.1, -0.05) is 0 Å². The summed E-state index contributed by atoms with van der Waals surface area (Å²) < 4.78 is 11.0. The molecule has 3 rings (SSSR count). The lowest BCUT2D eigenvalue weighted by Gasteiger charge is -2.26. The molecule has 2 N–H and O–H groups in total. The zero-order valence-electron chi connectivity index (χ0n) is 16.5. The number of aromatic nitrogens is 1. The van der Waals surface area contributed by atoms with Crippen LogP contribution >= 0.6 is 0 Å². The first-order valence-corrected chi connectivity index (χ1v) is 9.68. The molecule has 2 aromatic rings. The van der Waals surface area contributed by atoms with E-state index >= 15 is 0 Å². The molecule has 28 heavy (non-hydrogen) atoms. The molecule has 0 aliphatic carbocycles. The van der Waals surface area contributed by atoms with Gasteiger partial charge >= 0.3 is 0 Å². The van der Waals surface area contributed by atoms with Crippen molar-refractivity contribution in [1.29, 1.82) is 0 Å². The van der Waals surface area contributed by atoms with Crippen molar-refractivity contribution in [1.82, 2.24) is 9.88 Å². The van der Waals surface area contributed by atoms with E-state index in [1.165, 1.54) is 0 Å². The predicted molar refractivity (Wildman–Crippen MR) is 110 cm³/mol. The molecule has 1 fully saturated rings. The second-order valence-corrected chi connectivity index (χ2v) is 6.96. The molecule has 2 heterocycles. The third kappa shape index (κ3) is 6.21. The van der Waals surface area contributed by atoms with E-state index in [9.17, 15) is 4.79 Å². The second kappa shape index (κ2) is 10.1. The van der Waals surface area contributed by atoms with Crippen molar-refractivity contribution in [3.63, 3.8) is 0 Å². The van der Waals surface area contributed by atoms with Crippen LogP contribution in [-0.2, 0) is 4.74 Å². The van der Waals surface area contributed by atoms with Crippen LogP contribution in [0.2, 0.25) is 0 Å². The summed E-state index contributed by atoms with van der Waals surface area (Å²) in [7, 11) is 0. The highest BCUT2D eigenvalue weighted by Crippen LogP contribution is 2.18. The Hall–Kier alpha value is -2.64. The summed E-state index contributed by atoms with van der Waals surface area (Å²) >= 11 is 0. The maximum absolute atomic E-state index is 12.5. The smallest absolute Gasteiger partial charge is 0.255 e. The Labute approximate surface area is 166 Å². The molecule has 1 amide bonds. The normalized spacial score (nSPS) is 14.7. The number of carbonyl (C=O) groups excluding carboxylic acids is 1. The Morgan fingerprint density at radius 2 is 1.96 bits per heavy atom. The number of hydrogen-bond acceptors (Lipinski definition) is 6. The molecule has 1 aromatic carbocycles. The summed E-state index contributed by atoms with van der Waals surface area (Å²) in [5.74, 6) is 1.31. The van der Waals surface area contributed by atoms with Gasteiger partial charge < -0.3 is 20.1 Å². The van der Waals surface area contributed by atoms with E-state index in [4.69, 9.17) is 9.47 Å². The molecule has 0 saturated carbocycles. The van der Waals surface area contributed by atoms with Crippen LogP contribution in [0.3, 0.4) is 0 Å². The fourth-order valence-corrected chi connectivity index (χ4v) is 2.93. The highest BCUT2D eigenvalue weighted by Gasteiger charge is 2.11. The van der Waals surface area contributed by atoms with Crippen molar-refractivity contribution in [3.05, 3.63) is 48.2 Å². The lowest BCUT2D eigenvalue weighted by atomic mass is 10.2. The largest absolute Gasteiger partial charge is 0.491 e. The van der Waals surface area contributed by atoms with Crippen LogP contribution in [0.25, 0.3) is 0 Å². The van der Waals surface area contributed by atoms with Crippen molar-refractivity contribution in [2.75, 3.05) is 50.0 Å². The van der Waals surface area contributed by atoms with Crippen molar-refractivity contribution in [2.45, 2.75) is 20.0 Å². The fraction of sp³-hybridized carbons (Fsp3) is 0.429. The van der Waals surface area contributed by atoms with Gasteiger partial charge in [0.2, 0.25) is 0 Å². The quantitative estimate of drug-likeness (QED) is 0.729. The molecule has 0 bridgehead atoms. The van der Waals surface area contributed by atoms with Crippen LogP contribution < -0.4 is 15.4 Å². The number of carbonyl (C=O) groups is 1. The first kappa shape index (κ1) is 20.1. The fourth-order valence-electron chi connectivity index (χ4n) is 2.93. The van der Waals surface area contributed by atoms with E-state index < -0.39 is 0 Å². The Kier molecular flexibility index (Phi) is 7.22. The average molecular weight is 384 g/mol. The van der Waals surface area contributed by atoms with E-state index in [0.29, 0.717) is 11.4 Å². The Balaban J connectivity index is 1.51. The van der Waals surface area contributed by atoms with Crippen LogP contribution in [0.4, 0.5) is 11.5 Å². The number of ether oxygens (including phenoxy) is 2. The number of morpholine rings is 1. The number of anilines is 2. The van der Waals surface area contributed by atoms with Crippen LogP contribution in [0.5, 0.6) is 5.75 Å². The molecule has 0 radical (unpaired) electrons. The number of pyridine rings is 1. The van der Waals surface area contributed by atoms with Crippen LogP contribution in [0, 0.1) is 0 Å². The topological polar surface area (TPSA) is 75.7 Å². The summed E-state index contributed by atoms with van der Waals surface area (Å²) in [5, 5.41) is 6.19. The highest BCUT2D eigenvalue weighted by molar-refractivity contribution is 6.04. The number of nitrogens with zero attached hydrogens (tertiary/aromatic N) is 2. The van der Waals surface area contributed by atoms with Crippen molar-refractivity contribution in [3.8, 4) is 5.75 Å². The van der Waals surface area contributed by atoms with E-state index in [1.807, 2.05) is 38.1 Å². The molecule has 1 aliphatic heterocycles. The van der Waals surface area contributed by atoms with Gasteiger partial charge in [0, 0.05) is 43.6 Å². The average Bonchev–Trinajstić information content (AvgIpc) is 2.70. The number of nitrogens with one attached hydrogen (secondary N) is 2. The summed E-state index contributed by atoms with van der Waals surface area (Å²) in [6.45, 7) is 9.15. The maximum atomic E-state index is 12.5. The standard InChI is InChI=1S/C21H28N4O3/c1-16(2)28-19-5-3-18(4-6-19)24-21(26)17-7-8-22-20(15-17)23-9-10-25-11-13-27-14-12-25/h3-8,15-16H,9-14H2,1-2H3,(H,22,23)(H,24,26). The minimum absolute atomic E-state index is 0.117. The van der Waals surface area contributed by atoms with Gasteiger partial charge in [-0.25, -0.2) is 4.98 Å². The van der Waals surface area contributed by atoms with Crippen LogP contribution in [0.15, 0.2) is 42.6 Å². The van der Waals surface area contributed by atoms with E-state index in [0.717, 1.165) is 50.8 Å². The van der Waals surface area contributed by atoms with Gasteiger partial charge in [-0.05, 0) is 50.2 Å². The highest BCUT2D eigenvalue weighted by atomic mass is 16.5. The first-order chi connectivity index (χ1) is 13.6. The van der Waals surface area contributed by atoms with E-state index in [1.54, 1.807) is 18.3 Å². The minimum atomic E-state index is -0.170. The number of benzene rings is 1. The van der Waals surface area contributed by atoms with Gasteiger partial charge in [-0.2, -0.15) is 0 Å². The molecular formula is C21H28N4O3. The Morgan fingerprint density at radius 3 is 2.68 bits per heavy atom. The molecule has 7 nitrogen and oxygen atoms in total. The van der Waals surface area contributed by atoms with Gasteiger partial charge in [0.05, 0.1) is 19.3 Å². The van der Waals surface area contributed by atoms with E-state index in [2.05, 4.69) is 20.5 Å². The summed E-state index contributed by atoms with van der Waals surface area (Å²) in [6.07, 6.45) is 1.76. The maximum Gasteiger partial charge on any atom is 0.255 e. The molecule has 1 saturated heterocycles. The molecule has 0 atom stereocenters. The zero-order valence-corrected chi connectivity index (χ0v) is 16.5. The number of hydrogen-bond donors (Lipinski definition) is 2. The number of rotatable bonds is 8. The third-order valence-electron chi connectivity index (χ3n) is 4.34. The van der Waals surface area contributed by atoms with Gasteiger partial charge in [0.1, 0.15) is 11.6 Å². The van der Waals surface area contributed by atoms with Crippen molar-refractivity contribution in [2.24, 2.45) is 0 Å². The van der Waals surface area contributed by atoms with Gasteiger partial charge in [-0.3, -0.25) is 9.69 Å². The van der Waals surface area contributed by atoms with Gasteiger partial charge in [0.25, 0.3) is 5.91 Å². The molecule has 0 spiro atoms. The molecule has 7 heteroatoms. The van der Waals surface area contributed by atoms with Crippen LogP contribution in [0.1, 0.15) is 24.2 Å². The van der Waals surface area contributed by atoms with Crippen molar-refractivity contribution >= 4 is 17.4 Å². The van der Waals surface area contributed by atoms with Crippen molar-refractivity contribution < 1.29 is 14.3 Å². The Bertz CT molecular complexity index is 759. The second-order valence-electron chi connectivity index (χ2n) is 6.96. The lowest BCUT2D eigenvalue weighted by Crippen LogP contribution is -2.39. The molecule has 0 unspecified atom stereocenters. The summed E-state index contributed by atoms with van der Waals surface area (Å²) in [5.41, 5.74) is 1.28. The minimum Gasteiger partial charge on any atom is -0.491 e. The molecule has 1 aromatic heterocycles. The van der Waals surface area contributed by atoms with Gasteiger partial charge in [-0.15, -0.1) is 0 Å². The molecular weight excluding hydrogens is 356 g/mol. The third-order valence-corrected chi connectivity index (χ3v) is 4.34. The Morgan fingerprint density at radius 1 is 1.21 bits per heavy atom. The first-order valence-electron chi connectivity index (χ1n) is 9.68. The summed E-state index contributed by atoms with van der Waals surface area (Å²) in [4.78, 5) is 19.2. The van der Waals surface area contributed by atoms with Gasteiger partial charge in [0.15, 0.2) is 0 Å². The lowest BCUT2D eigenvalue weighted by molar-refractivity contribution is 0.0398. The molecule has 150 valence electrons. The predicted octanol–water partition coefficient (Wildman–Crippen LogP) is 2.87. The molecule has 1 aliphatic rings. The van der Waals surface area contributed by atoms with E-state index in [-0.39, 0.29) is 12.0 Å². The van der Waals surface area contributed by atoms with Crippen LogP contribution in [-0.4, -0.2) is 61.3 Å².